The maximum atomic E-state index is 8.95. The molecule has 68 valence electrons. The third kappa shape index (κ3) is 6.71. The summed E-state index contributed by atoms with van der Waals surface area (Å²) in [6.07, 6.45) is -1.43. The summed E-state index contributed by atoms with van der Waals surface area (Å²) in [5.41, 5.74) is 0. The molecule has 0 heterocycles. The van der Waals surface area contributed by atoms with Gasteiger partial charge in [-0.1, -0.05) is 15.9 Å². The second kappa shape index (κ2) is 7.00. The van der Waals surface area contributed by atoms with Gasteiger partial charge in [-0.25, -0.2) is 0 Å². The van der Waals surface area contributed by atoms with Crippen molar-refractivity contribution in [2.75, 3.05) is 25.7 Å². The predicted octanol–water partition coefficient (Wildman–Crippen LogP) is -0.276. The fourth-order valence-electron chi connectivity index (χ4n) is 0.417. The number of hydrogen-bond donors (Lipinski definition) is 2. The molecule has 2 atom stereocenters. The molecule has 4 nitrogen and oxygen atoms in total. The minimum absolute atomic E-state index is 0.0839. The molecule has 5 heteroatoms. The fourth-order valence-corrected chi connectivity index (χ4v) is 0.604. The van der Waals surface area contributed by atoms with Crippen molar-refractivity contribution in [3.05, 3.63) is 0 Å². The molecule has 0 aromatic heterocycles. The maximum absolute atomic E-state index is 8.95. The molecule has 0 aliphatic carbocycles. The third-order valence-electron chi connectivity index (χ3n) is 1.02. The van der Waals surface area contributed by atoms with Gasteiger partial charge in [0.2, 0.25) is 0 Å². The number of hydrogen-bond acceptors (Lipinski definition) is 4. The number of methoxy groups -OCH3 is 1. The number of ether oxygens (including phenoxy) is 2. The van der Waals surface area contributed by atoms with Crippen molar-refractivity contribution in [2.45, 2.75) is 12.4 Å². The molecule has 2 N–H and O–H groups in total. The quantitative estimate of drug-likeness (QED) is 0.486. The SMILES string of the molecule is COC(O)COCC(O)CBr. The zero-order chi connectivity index (χ0) is 8.69. The van der Waals surface area contributed by atoms with Crippen LogP contribution in [-0.4, -0.2) is 48.3 Å². The third-order valence-corrected chi connectivity index (χ3v) is 1.77. The van der Waals surface area contributed by atoms with Gasteiger partial charge in [-0.05, 0) is 0 Å². The molecule has 0 aliphatic heterocycles. The zero-order valence-corrected chi connectivity index (χ0v) is 7.95. The Morgan fingerprint density at radius 3 is 2.45 bits per heavy atom. The molecule has 2 unspecified atom stereocenters. The number of alkyl halides is 1. The summed E-state index contributed by atoms with van der Waals surface area (Å²) in [5.74, 6) is 0. The lowest BCUT2D eigenvalue weighted by Gasteiger charge is -2.10. The molecule has 0 spiro atoms. The van der Waals surface area contributed by atoms with Crippen LogP contribution in [0.25, 0.3) is 0 Å². The van der Waals surface area contributed by atoms with Gasteiger partial charge in [0.05, 0.1) is 19.3 Å². The van der Waals surface area contributed by atoms with E-state index in [1.54, 1.807) is 0 Å². The van der Waals surface area contributed by atoms with Crippen molar-refractivity contribution in [3.63, 3.8) is 0 Å². The Kier molecular flexibility index (Phi) is 7.20. The number of aliphatic hydroxyl groups is 2. The molecule has 0 fully saturated rings. The molecule has 0 amide bonds. The molecular weight excluding hydrogens is 216 g/mol. The van der Waals surface area contributed by atoms with Crippen LogP contribution < -0.4 is 0 Å². The Morgan fingerprint density at radius 2 is 2.00 bits per heavy atom. The summed E-state index contributed by atoms with van der Waals surface area (Å²) < 4.78 is 9.39. The zero-order valence-electron chi connectivity index (χ0n) is 6.36. The van der Waals surface area contributed by atoms with Gasteiger partial charge in [0, 0.05) is 12.4 Å². The Bertz CT molecular complexity index is 80.7. The molecule has 0 aromatic rings. The molecule has 0 saturated heterocycles. The smallest absolute Gasteiger partial charge is 0.177 e. The second-order valence-corrected chi connectivity index (χ2v) is 2.68. The van der Waals surface area contributed by atoms with Gasteiger partial charge in [-0.15, -0.1) is 0 Å². The van der Waals surface area contributed by atoms with Crippen LogP contribution in [0.2, 0.25) is 0 Å². The van der Waals surface area contributed by atoms with E-state index < -0.39 is 12.4 Å². The van der Waals surface area contributed by atoms with E-state index in [-0.39, 0.29) is 13.2 Å². The van der Waals surface area contributed by atoms with Crippen molar-refractivity contribution < 1.29 is 19.7 Å². The molecule has 0 aromatic carbocycles. The van der Waals surface area contributed by atoms with E-state index >= 15 is 0 Å². The molecule has 11 heavy (non-hydrogen) atoms. The van der Waals surface area contributed by atoms with Gasteiger partial charge in [0.1, 0.15) is 0 Å². The molecule has 0 bridgehead atoms. The van der Waals surface area contributed by atoms with Crippen LogP contribution in [0.3, 0.4) is 0 Å². The summed E-state index contributed by atoms with van der Waals surface area (Å²) in [6, 6.07) is 0. The Hall–Kier alpha value is 0.320. The lowest BCUT2D eigenvalue weighted by atomic mass is 10.4. The van der Waals surface area contributed by atoms with Crippen LogP contribution in [0, 0.1) is 0 Å². The average molecular weight is 229 g/mol. The number of rotatable bonds is 6. The van der Waals surface area contributed by atoms with Crippen molar-refractivity contribution in [3.8, 4) is 0 Å². The van der Waals surface area contributed by atoms with Gasteiger partial charge in [0.25, 0.3) is 0 Å². The van der Waals surface area contributed by atoms with E-state index in [2.05, 4.69) is 20.7 Å². The first-order valence-corrected chi connectivity index (χ1v) is 4.35. The molecular formula is C6H13BrO4. The number of aliphatic hydroxyl groups excluding tert-OH is 2. The highest BCUT2D eigenvalue weighted by Crippen LogP contribution is 1.92. The molecule has 0 rings (SSSR count). The first-order chi connectivity index (χ1) is 5.20. The summed E-state index contributed by atoms with van der Waals surface area (Å²) in [7, 11) is 1.38. The highest BCUT2D eigenvalue weighted by Gasteiger charge is 2.04. The largest absolute Gasteiger partial charge is 0.390 e. The van der Waals surface area contributed by atoms with Gasteiger partial charge in [0.15, 0.2) is 6.29 Å². The van der Waals surface area contributed by atoms with Gasteiger partial charge in [-0.3, -0.25) is 0 Å². The van der Waals surface area contributed by atoms with Gasteiger partial charge >= 0.3 is 0 Å². The van der Waals surface area contributed by atoms with Crippen LogP contribution in [-0.2, 0) is 9.47 Å². The standard InChI is InChI=1S/C6H13BrO4/c1-10-6(9)4-11-3-5(8)2-7/h5-6,8-9H,2-4H2,1H3. The highest BCUT2D eigenvalue weighted by molar-refractivity contribution is 9.09. The summed E-state index contributed by atoms with van der Waals surface area (Å²) in [5, 5.41) is 18.2. The van der Waals surface area contributed by atoms with E-state index in [0.29, 0.717) is 5.33 Å². The predicted molar refractivity (Wildman–Crippen MR) is 43.6 cm³/mol. The normalized spacial score (nSPS) is 16.4. The summed E-state index contributed by atoms with van der Waals surface area (Å²) in [4.78, 5) is 0. The van der Waals surface area contributed by atoms with E-state index in [4.69, 9.17) is 14.9 Å². The monoisotopic (exact) mass is 228 g/mol. The Labute approximate surface area is 74.2 Å². The van der Waals surface area contributed by atoms with E-state index in [1.807, 2.05) is 0 Å². The van der Waals surface area contributed by atoms with Crippen molar-refractivity contribution >= 4 is 15.9 Å². The van der Waals surface area contributed by atoms with Crippen molar-refractivity contribution in [2.24, 2.45) is 0 Å². The van der Waals surface area contributed by atoms with E-state index in [1.165, 1.54) is 7.11 Å². The van der Waals surface area contributed by atoms with Crippen LogP contribution in [0.5, 0.6) is 0 Å². The van der Waals surface area contributed by atoms with Crippen LogP contribution in [0.15, 0.2) is 0 Å². The van der Waals surface area contributed by atoms with Gasteiger partial charge in [-0.2, -0.15) is 0 Å². The minimum Gasteiger partial charge on any atom is -0.390 e. The van der Waals surface area contributed by atoms with Crippen molar-refractivity contribution in [1.82, 2.24) is 0 Å². The van der Waals surface area contributed by atoms with Crippen molar-refractivity contribution in [1.29, 1.82) is 0 Å². The minimum atomic E-state index is -0.905. The maximum Gasteiger partial charge on any atom is 0.177 e. The highest BCUT2D eigenvalue weighted by atomic mass is 79.9. The Morgan fingerprint density at radius 1 is 1.36 bits per heavy atom. The van der Waals surface area contributed by atoms with Crippen LogP contribution >= 0.6 is 15.9 Å². The fraction of sp³-hybridized carbons (Fsp3) is 1.00. The first kappa shape index (κ1) is 11.3. The summed E-state index contributed by atoms with van der Waals surface area (Å²) in [6.45, 7) is 0.284. The lowest BCUT2D eigenvalue weighted by molar-refractivity contribution is -0.125. The Balaban J connectivity index is 3.13. The van der Waals surface area contributed by atoms with Gasteiger partial charge < -0.3 is 19.7 Å². The lowest BCUT2D eigenvalue weighted by Crippen LogP contribution is -2.23. The second-order valence-electron chi connectivity index (χ2n) is 2.04. The topological polar surface area (TPSA) is 58.9 Å². The number of halogens is 1. The van der Waals surface area contributed by atoms with Crippen LogP contribution in [0.1, 0.15) is 0 Å². The van der Waals surface area contributed by atoms with E-state index in [9.17, 15) is 0 Å². The average Bonchev–Trinajstić information content (AvgIpc) is 2.04. The summed E-state index contributed by atoms with van der Waals surface area (Å²) >= 11 is 3.08. The van der Waals surface area contributed by atoms with Crippen LogP contribution in [0.4, 0.5) is 0 Å². The molecule has 0 saturated carbocycles. The molecule has 0 radical (unpaired) electrons. The first-order valence-electron chi connectivity index (χ1n) is 3.23. The van der Waals surface area contributed by atoms with E-state index in [0.717, 1.165) is 0 Å². The molecule has 0 aliphatic rings.